The van der Waals surface area contributed by atoms with Gasteiger partial charge in [-0.05, 0) is 44.5 Å². The smallest absolute Gasteiger partial charge is 0.408 e. The molecule has 0 saturated heterocycles. The van der Waals surface area contributed by atoms with Crippen molar-refractivity contribution in [1.29, 1.82) is 0 Å². The summed E-state index contributed by atoms with van der Waals surface area (Å²) in [6.45, 7) is 5.51. The Morgan fingerprint density at radius 2 is 1.55 bits per heavy atom. The average Bonchev–Trinajstić information content (AvgIpc) is 2.71. The van der Waals surface area contributed by atoms with Crippen LogP contribution in [0.5, 0.6) is 5.75 Å². The molecule has 0 atom stereocenters. The van der Waals surface area contributed by atoms with Crippen LogP contribution < -0.4 is 20.7 Å². The van der Waals surface area contributed by atoms with E-state index >= 15 is 0 Å². The SMILES string of the molecule is CC(C)(C)OC(=O)NCC(=O)Nc1ccccc1CNC(=O)CCOc1ccccc1. The molecule has 0 radical (unpaired) electrons. The molecular weight excluding hydrogens is 398 g/mol. The van der Waals surface area contributed by atoms with E-state index in [0.29, 0.717) is 11.4 Å². The molecule has 2 rings (SSSR count). The Morgan fingerprint density at radius 3 is 2.26 bits per heavy atom. The van der Waals surface area contributed by atoms with Gasteiger partial charge in [-0.1, -0.05) is 36.4 Å². The number of anilines is 1. The summed E-state index contributed by atoms with van der Waals surface area (Å²) >= 11 is 0. The second kappa shape index (κ2) is 11.6. The first kappa shape index (κ1) is 23.7. The molecule has 0 fully saturated rings. The van der Waals surface area contributed by atoms with Crippen LogP contribution in [0.4, 0.5) is 10.5 Å². The molecule has 0 aliphatic rings. The zero-order chi connectivity index (χ0) is 22.7. The van der Waals surface area contributed by atoms with E-state index in [2.05, 4.69) is 16.0 Å². The van der Waals surface area contributed by atoms with E-state index in [4.69, 9.17) is 9.47 Å². The molecule has 0 spiro atoms. The molecule has 0 bridgehead atoms. The van der Waals surface area contributed by atoms with Crippen molar-refractivity contribution >= 4 is 23.6 Å². The largest absolute Gasteiger partial charge is 0.493 e. The molecule has 31 heavy (non-hydrogen) atoms. The number of benzene rings is 2. The number of carbonyl (C=O) groups excluding carboxylic acids is 3. The number of rotatable bonds is 9. The molecule has 8 nitrogen and oxygen atoms in total. The van der Waals surface area contributed by atoms with Crippen molar-refractivity contribution in [1.82, 2.24) is 10.6 Å². The number of amides is 3. The Hall–Kier alpha value is -3.55. The number of carbonyl (C=O) groups is 3. The highest BCUT2D eigenvalue weighted by molar-refractivity contribution is 5.94. The molecule has 3 amide bonds. The number of para-hydroxylation sites is 2. The van der Waals surface area contributed by atoms with Crippen molar-refractivity contribution in [3.8, 4) is 5.75 Å². The summed E-state index contributed by atoms with van der Waals surface area (Å²) in [6, 6.07) is 16.4. The van der Waals surface area contributed by atoms with Crippen LogP contribution in [-0.2, 0) is 20.9 Å². The predicted octanol–water partition coefficient (Wildman–Crippen LogP) is 3.24. The maximum atomic E-state index is 12.2. The fraction of sp³-hybridized carbons (Fsp3) is 0.348. The number of nitrogens with one attached hydrogen (secondary N) is 3. The zero-order valence-corrected chi connectivity index (χ0v) is 18.1. The Bertz CT molecular complexity index is 878. The molecule has 0 saturated carbocycles. The minimum Gasteiger partial charge on any atom is -0.493 e. The molecule has 0 unspecified atom stereocenters. The van der Waals surface area contributed by atoms with Gasteiger partial charge in [-0.25, -0.2) is 4.79 Å². The molecule has 0 aliphatic heterocycles. The van der Waals surface area contributed by atoms with Gasteiger partial charge < -0.3 is 25.4 Å². The van der Waals surface area contributed by atoms with E-state index in [1.807, 2.05) is 36.4 Å². The van der Waals surface area contributed by atoms with Crippen molar-refractivity contribution in [2.75, 3.05) is 18.5 Å². The first-order valence-electron chi connectivity index (χ1n) is 10.0. The van der Waals surface area contributed by atoms with E-state index in [9.17, 15) is 14.4 Å². The van der Waals surface area contributed by atoms with Gasteiger partial charge in [0.25, 0.3) is 0 Å². The van der Waals surface area contributed by atoms with Gasteiger partial charge in [0.15, 0.2) is 0 Å². The van der Waals surface area contributed by atoms with Crippen LogP contribution >= 0.6 is 0 Å². The van der Waals surface area contributed by atoms with Gasteiger partial charge in [-0.3, -0.25) is 9.59 Å². The van der Waals surface area contributed by atoms with Crippen LogP contribution in [0.1, 0.15) is 32.8 Å². The number of hydrogen-bond donors (Lipinski definition) is 3. The normalized spacial score (nSPS) is 10.7. The lowest BCUT2D eigenvalue weighted by Crippen LogP contribution is -2.37. The summed E-state index contributed by atoms with van der Waals surface area (Å²) in [6.07, 6.45) is -0.454. The first-order chi connectivity index (χ1) is 14.7. The average molecular weight is 428 g/mol. The van der Waals surface area contributed by atoms with Gasteiger partial charge in [0, 0.05) is 12.2 Å². The fourth-order valence-corrected chi connectivity index (χ4v) is 2.52. The third-order valence-corrected chi connectivity index (χ3v) is 3.90. The maximum absolute atomic E-state index is 12.2. The van der Waals surface area contributed by atoms with Crippen LogP contribution in [-0.4, -0.2) is 36.7 Å². The third kappa shape index (κ3) is 9.66. The molecule has 2 aromatic carbocycles. The number of hydrogen-bond acceptors (Lipinski definition) is 5. The highest BCUT2D eigenvalue weighted by Crippen LogP contribution is 2.15. The first-order valence-corrected chi connectivity index (χ1v) is 10.0. The summed E-state index contributed by atoms with van der Waals surface area (Å²) in [5.41, 5.74) is 0.655. The maximum Gasteiger partial charge on any atom is 0.408 e. The molecule has 0 aliphatic carbocycles. The second-order valence-electron chi connectivity index (χ2n) is 7.75. The van der Waals surface area contributed by atoms with Gasteiger partial charge in [-0.2, -0.15) is 0 Å². The van der Waals surface area contributed by atoms with E-state index in [-0.39, 0.29) is 32.0 Å². The van der Waals surface area contributed by atoms with E-state index in [0.717, 1.165) is 5.56 Å². The Morgan fingerprint density at radius 1 is 0.871 bits per heavy atom. The minimum atomic E-state index is -0.666. The second-order valence-corrected chi connectivity index (χ2v) is 7.75. The Labute approximate surface area is 182 Å². The minimum absolute atomic E-state index is 0.163. The van der Waals surface area contributed by atoms with Crippen molar-refractivity contribution < 1.29 is 23.9 Å². The molecule has 166 valence electrons. The standard InChI is InChI=1S/C23H29N3O5/c1-23(2,3)31-22(29)25-16-21(28)26-19-12-8-7-9-17(19)15-24-20(27)13-14-30-18-10-5-4-6-11-18/h4-12H,13-16H2,1-3H3,(H,24,27)(H,25,29)(H,26,28). The van der Waals surface area contributed by atoms with Crippen LogP contribution in [0.15, 0.2) is 54.6 Å². The summed E-state index contributed by atoms with van der Waals surface area (Å²) in [4.78, 5) is 35.9. The molecule has 3 N–H and O–H groups in total. The Kier molecular flexibility index (Phi) is 8.87. The van der Waals surface area contributed by atoms with Crippen LogP contribution in [0.2, 0.25) is 0 Å². The van der Waals surface area contributed by atoms with Crippen molar-refractivity contribution in [3.63, 3.8) is 0 Å². The van der Waals surface area contributed by atoms with E-state index in [1.165, 1.54) is 0 Å². The molecular formula is C23H29N3O5. The fourth-order valence-electron chi connectivity index (χ4n) is 2.52. The van der Waals surface area contributed by atoms with Crippen molar-refractivity contribution in [2.24, 2.45) is 0 Å². The van der Waals surface area contributed by atoms with Crippen LogP contribution in [0.3, 0.4) is 0 Å². The summed E-state index contributed by atoms with van der Waals surface area (Å²) in [7, 11) is 0. The van der Waals surface area contributed by atoms with Crippen LogP contribution in [0, 0.1) is 0 Å². The van der Waals surface area contributed by atoms with Gasteiger partial charge in [0.05, 0.1) is 13.0 Å². The lowest BCUT2D eigenvalue weighted by Gasteiger charge is -2.19. The summed E-state index contributed by atoms with van der Waals surface area (Å²) in [5.74, 6) is 0.146. The van der Waals surface area contributed by atoms with Crippen LogP contribution in [0.25, 0.3) is 0 Å². The molecule has 0 aromatic heterocycles. The highest BCUT2D eigenvalue weighted by atomic mass is 16.6. The predicted molar refractivity (Wildman–Crippen MR) is 118 cm³/mol. The number of alkyl carbamates (subject to hydrolysis) is 1. The molecule has 2 aromatic rings. The van der Waals surface area contributed by atoms with Gasteiger partial charge in [-0.15, -0.1) is 0 Å². The van der Waals surface area contributed by atoms with Gasteiger partial charge in [0.2, 0.25) is 11.8 Å². The van der Waals surface area contributed by atoms with E-state index < -0.39 is 17.6 Å². The molecule has 8 heteroatoms. The Balaban J connectivity index is 1.77. The number of ether oxygens (including phenoxy) is 2. The van der Waals surface area contributed by atoms with Gasteiger partial charge in [0.1, 0.15) is 17.9 Å². The van der Waals surface area contributed by atoms with Gasteiger partial charge >= 0.3 is 6.09 Å². The monoisotopic (exact) mass is 427 g/mol. The molecule has 0 heterocycles. The summed E-state index contributed by atoms with van der Waals surface area (Å²) in [5, 5.41) is 7.96. The quantitative estimate of drug-likeness (QED) is 0.570. The lowest BCUT2D eigenvalue weighted by molar-refractivity contribution is -0.121. The van der Waals surface area contributed by atoms with Crippen molar-refractivity contribution in [2.45, 2.75) is 39.3 Å². The summed E-state index contributed by atoms with van der Waals surface area (Å²) < 4.78 is 10.6. The topological polar surface area (TPSA) is 106 Å². The third-order valence-electron chi connectivity index (χ3n) is 3.90. The lowest BCUT2D eigenvalue weighted by atomic mass is 10.1. The highest BCUT2D eigenvalue weighted by Gasteiger charge is 2.17. The zero-order valence-electron chi connectivity index (χ0n) is 18.1. The van der Waals surface area contributed by atoms with Crippen molar-refractivity contribution in [3.05, 3.63) is 60.2 Å². The van der Waals surface area contributed by atoms with E-state index in [1.54, 1.807) is 39.0 Å².